The Hall–Kier alpha value is -3.07. The minimum Gasteiger partial charge on any atom is -0.456 e. The summed E-state index contributed by atoms with van der Waals surface area (Å²) in [4.78, 5) is 37.8. The van der Waals surface area contributed by atoms with Crippen molar-refractivity contribution in [3.63, 3.8) is 0 Å². The molecule has 0 aliphatic heterocycles. The van der Waals surface area contributed by atoms with Crippen LogP contribution < -0.4 is 5.32 Å². The lowest BCUT2D eigenvalue weighted by atomic mass is 10.0. The van der Waals surface area contributed by atoms with Crippen molar-refractivity contribution >= 4 is 19.7 Å². The molecule has 486 valence electrons. The number of allylic oxidation sites excluding steroid dienone is 15. The minimum atomic E-state index is -4.48. The highest BCUT2D eigenvalue weighted by Crippen LogP contribution is 2.43. The molecular weight excluding hydrogens is 1060 g/mol. The number of hydrogen-bond acceptors (Lipinski definition) is 6. The number of quaternary nitrogens is 1. The van der Waals surface area contributed by atoms with Gasteiger partial charge in [-0.15, -0.1) is 0 Å². The number of phosphoric ester groups is 1. The highest BCUT2D eigenvalue weighted by atomic mass is 31.2. The number of rotatable bonds is 63. The molecule has 0 aliphatic rings. The fourth-order valence-electron chi connectivity index (χ4n) is 9.90. The van der Waals surface area contributed by atoms with E-state index < -0.39 is 20.0 Å². The number of esters is 1. The van der Waals surface area contributed by atoms with Crippen molar-refractivity contribution in [3.8, 4) is 0 Å². The predicted octanol–water partition coefficient (Wildman–Crippen LogP) is 22.3. The Bertz CT molecular complexity index is 1760. The van der Waals surface area contributed by atoms with Crippen LogP contribution in [0.4, 0.5) is 0 Å². The van der Waals surface area contributed by atoms with Crippen molar-refractivity contribution in [2.24, 2.45) is 0 Å². The first-order valence-electron chi connectivity index (χ1n) is 35.1. The lowest BCUT2D eigenvalue weighted by molar-refractivity contribution is -0.870. The second-order valence-corrected chi connectivity index (χ2v) is 26.1. The number of amides is 1. The van der Waals surface area contributed by atoms with Gasteiger partial charge in [0, 0.05) is 12.8 Å². The summed E-state index contributed by atoms with van der Waals surface area (Å²) in [5.74, 6) is -0.598. The molecule has 0 saturated heterocycles. The average molecular weight is 1190 g/mol. The first-order chi connectivity index (χ1) is 40.9. The quantitative estimate of drug-likeness (QED) is 0.0205. The van der Waals surface area contributed by atoms with Crippen LogP contribution in [0.1, 0.15) is 310 Å². The third-order valence-corrected chi connectivity index (χ3v) is 16.3. The zero-order valence-corrected chi connectivity index (χ0v) is 56.5. The Morgan fingerprint density at radius 1 is 0.429 bits per heavy atom. The molecule has 0 bridgehead atoms. The van der Waals surface area contributed by atoms with Crippen LogP contribution in [0.25, 0.3) is 0 Å². The van der Waals surface area contributed by atoms with E-state index in [9.17, 15) is 19.0 Å². The molecule has 0 saturated carbocycles. The lowest BCUT2D eigenvalue weighted by Crippen LogP contribution is -2.47. The van der Waals surface area contributed by atoms with Crippen LogP contribution in [0.3, 0.4) is 0 Å². The average Bonchev–Trinajstić information content (AvgIpc) is 3.64. The Morgan fingerprint density at radius 2 is 0.774 bits per heavy atom. The van der Waals surface area contributed by atoms with Crippen LogP contribution in [0, 0.1) is 0 Å². The van der Waals surface area contributed by atoms with E-state index in [1.165, 1.54) is 193 Å². The molecule has 0 aromatic heterocycles. The largest absolute Gasteiger partial charge is 0.472 e. The van der Waals surface area contributed by atoms with Crippen LogP contribution >= 0.6 is 7.82 Å². The SMILES string of the molecule is CC/C=C\C/C=C\C/C=C\C/C=C\C/C=C\C/C=C\CCC(=O)NC(COP(=O)(O)OCC[N+](C)(C)C)C(/C=C\CCCCCCCCCCCC)OC(=O)CCCCCCCCCCCCCCCCCCC/C=C/CCCCCCCC. The fraction of sp³-hybridized carbons (Fsp3) is 0.757. The van der Waals surface area contributed by atoms with Crippen LogP contribution in [-0.4, -0.2) is 74.3 Å². The summed E-state index contributed by atoms with van der Waals surface area (Å²) in [6, 6.07) is -0.893. The van der Waals surface area contributed by atoms with Gasteiger partial charge in [0.1, 0.15) is 19.3 Å². The molecule has 3 atom stereocenters. The number of ether oxygens (including phenoxy) is 1. The van der Waals surface area contributed by atoms with Gasteiger partial charge in [-0.25, -0.2) is 4.57 Å². The van der Waals surface area contributed by atoms with Gasteiger partial charge in [0.05, 0.1) is 33.8 Å². The highest BCUT2D eigenvalue weighted by Gasteiger charge is 2.30. The van der Waals surface area contributed by atoms with Crippen LogP contribution in [0.5, 0.6) is 0 Å². The van der Waals surface area contributed by atoms with Gasteiger partial charge in [0.15, 0.2) is 0 Å². The molecule has 0 rings (SSSR count). The molecule has 0 aromatic carbocycles. The predicted molar refractivity (Wildman–Crippen MR) is 364 cm³/mol. The van der Waals surface area contributed by atoms with Gasteiger partial charge in [-0.1, -0.05) is 298 Å². The Kier molecular flexibility index (Phi) is 60.7. The van der Waals surface area contributed by atoms with Crippen molar-refractivity contribution in [1.82, 2.24) is 5.32 Å². The summed E-state index contributed by atoms with van der Waals surface area (Å²) < 4.78 is 30.7. The maximum Gasteiger partial charge on any atom is 0.472 e. The first-order valence-corrected chi connectivity index (χ1v) is 36.6. The molecule has 84 heavy (non-hydrogen) atoms. The van der Waals surface area contributed by atoms with Gasteiger partial charge in [-0.2, -0.15) is 0 Å². The van der Waals surface area contributed by atoms with E-state index in [0.717, 1.165) is 77.0 Å². The van der Waals surface area contributed by atoms with E-state index in [1.54, 1.807) is 0 Å². The molecule has 0 heterocycles. The van der Waals surface area contributed by atoms with Crippen molar-refractivity contribution in [2.75, 3.05) is 40.9 Å². The number of nitrogens with zero attached hydrogens (tertiary/aromatic N) is 1. The summed E-state index contributed by atoms with van der Waals surface area (Å²) in [5.41, 5.74) is 0. The monoisotopic (exact) mass is 1190 g/mol. The summed E-state index contributed by atoms with van der Waals surface area (Å²) in [6.45, 7) is 6.86. The van der Waals surface area contributed by atoms with Gasteiger partial charge in [0.25, 0.3) is 0 Å². The molecule has 1 amide bonds. The van der Waals surface area contributed by atoms with E-state index in [4.69, 9.17) is 13.8 Å². The Labute approximate surface area is 519 Å². The number of likely N-dealkylation sites (N-methyl/N-ethyl adjacent to an activating group) is 1. The maximum absolute atomic E-state index is 13.5. The van der Waals surface area contributed by atoms with E-state index in [-0.39, 0.29) is 37.9 Å². The van der Waals surface area contributed by atoms with Gasteiger partial charge in [0.2, 0.25) is 5.91 Å². The van der Waals surface area contributed by atoms with Crippen LogP contribution in [-0.2, 0) is 27.9 Å². The van der Waals surface area contributed by atoms with Crippen molar-refractivity contribution in [3.05, 3.63) is 97.2 Å². The van der Waals surface area contributed by atoms with E-state index in [1.807, 2.05) is 39.4 Å². The van der Waals surface area contributed by atoms with Crippen molar-refractivity contribution < 1.29 is 37.3 Å². The number of carbonyl (C=O) groups is 2. The topological polar surface area (TPSA) is 111 Å². The van der Waals surface area contributed by atoms with Crippen LogP contribution in [0.15, 0.2) is 97.2 Å². The molecule has 9 nitrogen and oxygen atoms in total. The summed E-state index contributed by atoms with van der Waals surface area (Å²) in [5, 5.41) is 3.01. The molecule has 2 N–H and O–H groups in total. The normalized spacial score (nSPS) is 14.1. The highest BCUT2D eigenvalue weighted by molar-refractivity contribution is 7.47. The fourth-order valence-corrected chi connectivity index (χ4v) is 10.6. The first kappa shape index (κ1) is 80.9. The number of nitrogens with one attached hydrogen (secondary N) is 1. The lowest BCUT2D eigenvalue weighted by Gasteiger charge is -2.27. The Balaban J connectivity index is 5.11. The Morgan fingerprint density at radius 3 is 1.17 bits per heavy atom. The molecule has 3 unspecified atom stereocenters. The third kappa shape index (κ3) is 63.4. The second-order valence-electron chi connectivity index (χ2n) is 24.7. The van der Waals surface area contributed by atoms with Gasteiger partial charge in [-0.05, 0) is 96.0 Å². The molecular formula is C74H134N2O7P+. The summed E-state index contributed by atoms with van der Waals surface area (Å²) in [6.07, 6.45) is 85.9. The zero-order valence-electron chi connectivity index (χ0n) is 55.6. The molecule has 0 radical (unpaired) electrons. The van der Waals surface area contributed by atoms with E-state index in [0.29, 0.717) is 17.4 Å². The molecule has 10 heteroatoms. The third-order valence-electron chi connectivity index (χ3n) is 15.3. The standard InChI is InChI=1S/C74H133N2O7P/c1-7-10-13-16-19-22-25-28-30-32-34-35-36-37-38-39-40-41-43-45-47-49-52-55-58-61-64-67-74(78)83-72(65-62-59-56-53-50-27-24-21-18-15-12-9-3)71(70-82-84(79,80)81-69-68-76(4,5)6)75-73(77)66-63-60-57-54-51-48-46-44-42-33-31-29-26-23-20-17-14-11-8-2/h11,14,20,23,28-31,42,44,48,51,57,60,62,65,71-72H,7-10,12-13,15-19,21-22,24-27,32-41,43,45-47,49-50,52-56,58-59,61,63-64,66-70H2,1-6H3,(H-,75,77,79,80)/p+1/b14-11-,23-20-,30-28+,31-29-,44-42-,51-48-,60-57-,65-62-. The number of phosphoric acid groups is 1. The molecule has 0 fully saturated rings. The number of carbonyl (C=O) groups excluding carboxylic acids is 2. The van der Waals surface area contributed by atoms with E-state index in [2.05, 4.69) is 105 Å². The zero-order chi connectivity index (χ0) is 61.4. The smallest absolute Gasteiger partial charge is 0.456 e. The van der Waals surface area contributed by atoms with E-state index >= 15 is 0 Å². The van der Waals surface area contributed by atoms with Crippen molar-refractivity contribution in [1.29, 1.82) is 0 Å². The number of unbranched alkanes of at least 4 members (excludes halogenated alkanes) is 33. The minimum absolute atomic E-state index is 0.0237. The summed E-state index contributed by atoms with van der Waals surface area (Å²) >= 11 is 0. The number of hydrogen-bond donors (Lipinski definition) is 2. The van der Waals surface area contributed by atoms with Crippen molar-refractivity contribution in [2.45, 2.75) is 322 Å². The van der Waals surface area contributed by atoms with Crippen LogP contribution in [0.2, 0.25) is 0 Å². The molecule has 0 spiro atoms. The second kappa shape index (κ2) is 63.0. The van der Waals surface area contributed by atoms with Gasteiger partial charge >= 0.3 is 13.8 Å². The van der Waals surface area contributed by atoms with Gasteiger partial charge < -0.3 is 19.4 Å². The summed E-state index contributed by atoms with van der Waals surface area (Å²) in [7, 11) is 1.45. The molecule has 0 aliphatic carbocycles. The van der Waals surface area contributed by atoms with Gasteiger partial charge in [-0.3, -0.25) is 18.6 Å². The maximum atomic E-state index is 13.5. The molecule has 0 aromatic rings.